The molecule has 0 radical (unpaired) electrons. The number of benzene rings is 1. The molecule has 2 rings (SSSR count). The minimum atomic E-state index is -0.490. The highest BCUT2D eigenvalue weighted by molar-refractivity contribution is 5.79. The van der Waals surface area contributed by atoms with E-state index in [0.717, 1.165) is 18.5 Å². The number of alkyl carbamates (subject to hydrolysis) is 1. The molecule has 1 aliphatic rings. The number of likely N-dealkylation sites (tertiary alicyclic amines) is 1. The molecule has 24 heavy (non-hydrogen) atoms. The maximum atomic E-state index is 12.4. The van der Waals surface area contributed by atoms with Crippen molar-refractivity contribution >= 4 is 12.0 Å². The molecule has 1 fully saturated rings. The number of ether oxygens (including phenoxy) is 1. The van der Waals surface area contributed by atoms with E-state index in [4.69, 9.17) is 4.74 Å². The highest BCUT2D eigenvalue weighted by Gasteiger charge is 2.27. The summed E-state index contributed by atoms with van der Waals surface area (Å²) in [5.41, 5.74) is 1.75. The van der Waals surface area contributed by atoms with Gasteiger partial charge >= 0.3 is 6.09 Å². The Hall–Kier alpha value is -2.04. The lowest BCUT2D eigenvalue weighted by Gasteiger charge is -2.21. The predicted molar refractivity (Wildman–Crippen MR) is 93.8 cm³/mol. The van der Waals surface area contributed by atoms with E-state index in [1.54, 1.807) is 0 Å². The summed E-state index contributed by atoms with van der Waals surface area (Å²) in [6.45, 7) is 9.55. The maximum Gasteiger partial charge on any atom is 0.407 e. The molecule has 1 heterocycles. The average molecular weight is 332 g/mol. The Balaban J connectivity index is 1.75. The fourth-order valence-electron chi connectivity index (χ4n) is 2.76. The van der Waals surface area contributed by atoms with E-state index < -0.39 is 11.7 Å². The molecule has 2 amide bonds. The number of nitrogens with zero attached hydrogens (tertiary/aromatic N) is 1. The molecule has 5 nitrogen and oxygen atoms in total. The largest absolute Gasteiger partial charge is 0.444 e. The first-order valence-electron chi connectivity index (χ1n) is 8.53. The molecular weight excluding hydrogens is 304 g/mol. The lowest BCUT2D eigenvalue weighted by molar-refractivity contribution is -0.129. The second-order valence-corrected chi connectivity index (χ2v) is 7.54. The van der Waals surface area contributed by atoms with E-state index in [9.17, 15) is 9.59 Å². The summed E-state index contributed by atoms with van der Waals surface area (Å²) >= 11 is 0. The minimum Gasteiger partial charge on any atom is -0.444 e. The SMILES string of the molecule is Cc1ccc(CC(=O)N2CC[C@@H](CNC(=O)OC(C)(C)C)C2)cc1. The zero-order valence-corrected chi connectivity index (χ0v) is 15.1. The summed E-state index contributed by atoms with van der Waals surface area (Å²) in [4.78, 5) is 26.0. The molecule has 0 saturated carbocycles. The molecule has 1 atom stereocenters. The van der Waals surface area contributed by atoms with Crippen molar-refractivity contribution in [1.29, 1.82) is 0 Å². The Morgan fingerprint density at radius 2 is 1.92 bits per heavy atom. The Morgan fingerprint density at radius 1 is 1.25 bits per heavy atom. The van der Waals surface area contributed by atoms with Gasteiger partial charge in [-0.2, -0.15) is 0 Å². The molecule has 1 aromatic rings. The fraction of sp³-hybridized carbons (Fsp3) is 0.579. The number of rotatable bonds is 4. The molecule has 132 valence electrons. The van der Waals surface area contributed by atoms with Crippen molar-refractivity contribution in [3.05, 3.63) is 35.4 Å². The third kappa shape index (κ3) is 5.87. The third-order valence-corrected chi connectivity index (χ3v) is 4.05. The molecule has 0 bridgehead atoms. The van der Waals surface area contributed by atoms with Crippen molar-refractivity contribution in [3.8, 4) is 0 Å². The van der Waals surface area contributed by atoms with Crippen LogP contribution in [0.4, 0.5) is 4.79 Å². The lowest BCUT2D eigenvalue weighted by Crippen LogP contribution is -2.36. The average Bonchev–Trinajstić information content (AvgIpc) is 2.95. The number of aryl methyl sites for hydroxylation is 1. The van der Waals surface area contributed by atoms with Gasteiger partial charge in [0.05, 0.1) is 6.42 Å². The van der Waals surface area contributed by atoms with Crippen LogP contribution in [0.2, 0.25) is 0 Å². The number of hydrogen-bond acceptors (Lipinski definition) is 3. The number of nitrogens with one attached hydrogen (secondary N) is 1. The zero-order valence-electron chi connectivity index (χ0n) is 15.1. The molecule has 1 aliphatic heterocycles. The second kappa shape index (κ2) is 7.69. The minimum absolute atomic E-state index is 0.152. The van der Waals surface area contributed by atoms with E-state index in [1.807, 2.05) is 56.9 Å². The summed E-state index contributed by atoms with van der Waals surface area (Å²) in [6.07, 6.45) is 0.953. The molecule has 0 aromatic heterocycles. The Labute approximate surface area is 144 Å². The van der Waals surface area contributed by atoms with Gasteiger partial charge in [-0.1, -0.05) is 29.8 Å². The number of carbonyl (C=O) groups is 2. The first kappa shape index (κ1) is 18.3. The van der Waals surface area contributed by atoms with Gasteiger partial charge in [-0.25, -0.2) is 4.79 Å². The predicted octanol–water partition coefficient (Wildman–Crippen LogP) is 2.91. The van der Waals surface area contributed by atoms with E-state index in [1.165, 1.54) is 5.56 Å². The highest BCUT2D eigenvalue weighted by Crippen LogP contribution is 2.17. The van der Waals surface area contributed by atoms with Crippen LogP contribution in [0.1, 0.15) is 38.3 Å². The van der Waals surface area contributed by atoms with Gasteiger partial charge in [0.25, 0.3) is 0 Å². The van der Waals surface area contributed by atoms with Crippen molar-refractivity contribution in [3.63, 3.8) is 0 Å². The van der Waals surface area contributed by atoms with Gasteiger partial charge in [0.1, 0.15) is 5.60 Å². The summed E-state index contributed by atoms with van der Waals surface area (Å²) in [6, 6.07) is 8.07. The fourth-order valence-corrected chi connectivity index (χ4v) is 2.76. The maximum absolute atomic E-state index is 12.4. The van der Waals surface area contributed by atoms with Crippen LogP contribution in [0.3, 0.4) is 0 Å². The third-order valence-electron chi connectivity index (χ3n) is 4.05. The topological polar surface area (TPSA) is 58.6 Å². The summed E-state index contributed by atoms with van der Waals surface area (Å²) in [5.74, 6) is 0.443. The molecule has 1 aromatic carbocycles. The summed E-state index contributed by atoms with van der Waals surface area (Å²) in [5, 5.41) is 2.80. The molecule has 0 aliphatic carbocycles. The van der Waals surface area contributed by atoms with Crippen molar-refractivity contribution in [1.82, 2.24) is 10.2 Å². The van der Waals surface area contributed by atoms with Crippen LogP contribution in [0.15, 0.2) is 24.3 Å². The number of amides is 2. The summed E-state index contributed by atoms with van der Waals surface area (Å²) < 4.78 is 5.23. The van der Waals surface area contributed by atoms with Gasteiger partial charge in [-0.3, -0.25) is 4.79 Å². The van der Waals surface area contributed by atoms with Gasteiger partial charge in [0, 0.05) is 19.6 Å². The van der Waals surface area contributed by atoms with Gasteiger partial charge in [-0.15, -0.1) is 0 Å². The van der Waals surface area contributed by atoms with Gasteiger partial charge < -0.3 is 15.0 Å². The quantitative estimate of drug-likeness (QED) is 0.922. The molecule has 0 unspecified atom stereocenters. The highest BCUT2D eigenvalue weighted by atomic mass is 16.6. The van der Waals surface area contributed by atoms with E-state index in [-0.39, 0.29) is 5.91 Å². The van der Waals surface area contributed by atoms with Gasteiger partial charge in [0.2, 0.25) is 5.91 Å². The smallest absolute Gasteiger partial charge is 0.407 e. The van der Waals surface area contributed by atoms with Crippen LogP contribution >= 0.6 is 0 Å². The van der Waals surface area contributed by atoms with Gasteiger partial charge in [0.15, 0.2) is 0 Å². The normalized spacial score (nSPS) is 17.7. The lowest BCUT2D eigenvalue weighted by atomic mass is 10.1. The summed E-state index contributed by atoms with van der Waals surface area (Å²) in [7, 11) is 0. The van der Waals surface area contributed by atoms with Gasteiger partial charge in [-0.05, 0) is 45.6 Å². The Bertz CT molecular complexity index is 575. The van der Waals surface area contributed by atoms with Crippen LogP contribution in [-0.2, 0) is 16.0 Å². The first-order chi connectivity index (χ1) is 11.2. The van der Waals surface area contributed by atoms with Crippen molar-refractivity contribution in [2.45, 2.75) is 46.1 Å². The van der Waals surface area contributed by atoms with E-state index >= 15 is 0 Å². The van der Waals surface area contributed by atoms with Crippen LogP contribution in [0, 0.1) is 12.8 Å². The molecule has 0 spiro atoms. The van der Waals surface area contributed by atoms with Crippen molar-refractivity contribution in [2.24, 2.45) is 5.92 Å². The molecular formula is C19H28N2O3. The van der Waals surface area contributed by atoms with Crippen molar-refractivity contribution < 1.29 is 14.3 Å². The first-order valence-corrected chi connectivity index (χ1v) is 8.53. The Morgan fingerprint density at radius 3 is 2.54 bits per heavy atom. The number of hydrogen-bond donors (Lipinski definition) is 1. The molecule has 5 heteroatoms. The molecule has 1 saturated heterocycles. The molecule has 1 N–H and O–H groups in total. The van der Waals surface area contributed by atoms with Crippen LogP contribution in [-0.4, -0.2) is 42.1 Å². The van der Waals surface area contributed by atoms with Crippen molar-refractivity contribution in [2.75, 3.05) is 19.6 Å². The van der Waals surface area contributed by atoms with Crippen LogP contribution in [0.5, 0.6) is 0 Å². The van der Waals surface area contributed by atoms with E-state index in [2.05, 4.69) is 5.32 Å². The standard InChI is InChI=1S/C19H28N2O3/c1-14-5-7-15(8-6-14)11-17(22)21-10-9-16(13-21)12-20-18(23)24-19(2,3)4/h5-8,16H,9-13H2,1-4H3,(H,20,23)/t16-/m0/s1. The number of carbonyl (C=O) groups excluding carboxylic acids is 2. The zero-order chi connectivity index (χ0) is 17.7. The van der Waals surface area contributed by atoms with Crippen LogP contribution < -0.4 is 5.32 Å². The van der Waals surface area contributed by atoms with E-state index in [0.29, 0.717) is 25.4 Å². The van der Waals surface area contributed by atoms with Crippen LogP contribution in [0.25, 0.3) is 0 Å². The monoisotopic (exact) mass is 332 g/mol. The second-order valence-electron chi connectivity index (χ2n) is 7.54. The Kier molecular flexibility index (Phi) is 5.86.